The van der Waals surface area contributed by atoms with Crippen LogP contribution in [0.5, 0.6) is 0 Å². The summed E-state index contributed by atoms with van der Waals surface area (Å²) < 4.78 is 32.4. The van der Waals surface area contributed by atoms with Gasteiger partial charge < -0.3 is 14.6 Å². The Morgan fingerprint density at radius 3 is 2.53 bits per heavy atom. The first-order valence-corrected chi connectivity index (χ1v) is 13.1. The molecule has 0 spiro atoms. The molecular formula is C23H26N6O6S. The van der Waals surface area contributed by atoms with Crippen molar-refractivity contribution in [3.05, 3.63) is 52.6 Å². The predicted octanol–water partition coefficient (Wildman–Crippen LogP) is 2.35. The lowest BCUT2D eigenvalue weighted by Crippen LogP contribution is -2.40. The average molecular weight is 515 g/mol. The Bertz CT molecular complexity index is 1360. The van der Waals surface area contributed by atoms with E-state index in [-0.39, 0.29) is 48.7 Å². The second kappa shape index (κ2) is 9.84. The van der Waals surface area contributed by atoms with Crippen molar-refractivity contribution >= 4 is 44.3 Å². The van der Waals surface area contributed by atoms with E-state index in [1.807, 2.05) is 29.2 Å². The molecule has 13 heteroatoms. The molecule has 2 aliphatic heterocycles. The number of carbonyl (C=O) groups is 1. The topological polar surface area (TPSA) is 151 Å². The molecule has 2 aromatic carbocycles. The number of aromatic nitrogens is 2. The van der Waals surface area contributed by atoms with Gasteiger partial charge in [0.15, 0.2) is 0 Å². The maximum Gasteiger partial charge on any atom is 0.293 e. The number of amides is 1. The van der Waals surface area contributed by atoms with Crippen LogP contribution in [0.1, 0.15) is 12.8 Å². The number of nitro groups is 1. The monoisotopic (exact) mass is 514 g/mol. The maximum atomic E-state index is 13.0. The fraction of sp³-hybridized carbons (Fsp3) is 0.391. The first-order valence-electron chi connectivity index (χ1n) is 11.7. The van der Waals surface area contributed by atoms with Gasteiger partial charge in [0.2, 0.25) is 21.9 Å². The molecule has 3 aromatic rings. The van der Waals surface area contributed by atoms with Gasteiger partial charge in [-0.15, -0.1) is 0 Å². The minimum atomic E-state index is -3.86. The number of nitrogens with zero attached hydrogens (tertiary/aromatic N) is 4. The molecular weight excluding hydrogens is 488 g/mol. The summed E-state index contributed by atoms with van der Waals surface area (Å²) >= 11 is 0. The van der Waals surface area contributed by atoms with Crippen molar-refractivity contribution < 1.29 is 22.9 Å². The molecule has 190 valence electrons. The number of carbonyl (C=O) groups excluding carboxylic acids is 1. The summed E-state index contributed by atoms with van der Waals surface area (Å²) in [6, 6.07) is 11.5. The number of hydrogen-bond acceptors (Lipinski definition) is 8. The molecule has 1 aromatic heterocycles. The lowest BCUT2D eigenvalue weighted by molar-refractivity contribution is -0.384. The number of morpholine rings is 1. The van der Waals surface area contributed by atoms with Crippen LogP contribution in [0.4, 0.5) is 17.3 Å². The minimum absolute atomic E-state index is 0.111. The highest BCUT2D eigenvalue weighted by molar-refractivity contribution is 7.89. The van der Waals surface area contributed by atoms with E-state index >= 15 is 0 Å². The van der Waals surface area contributed by atoms with Crippen molar-refractivity contribution in [2.75, 3.05) is 49.6 Å². The van der Waals surface area contributed by atoms with Crippen LogP contribution in [0.3, 0.4) is 0 Å². The molecule has 0 atom stereocenters. The number of ether oxygens (including phenoxy) is 1. The fourth-order valence-electron chi connectivity index (χ4n) is 4.63. The second-order valence-electron chi connectivity index (χ2n) is 8.78. The zero-order valence-corrected chi connectivity index (χ0v) is 20.2. The summed E-state index contributed by atoms with van der Waals surface area (Å²) in [5.41, 5.74) is 1.66. The molecule has 1 amide bonds. The van der Waals surface area contributed by atoms with Crippen LogP contribution in [-0.4, -0.2) is 72.9 Å². The van der Waals surface area contributed by atoms with Crippen molar-refractivity contribution in [1.29, 1.82) is 0 Å². The van der Waals surface area contributed by atoms with Gasteiger partial charge in [-0.25, -0.2) is 13.4 Å². The number of para-hydroxylation sites is 2. The lowest BCUT2D eigenvalue weighted by atomic mass is 9.95. The number of hydrogen-bond donors (Lipinski definition) is 2. The van der Waals surface area contributed by atoms with Gasteiger partial charge in [-0.05, 0) is 37.1 Å². The van der Waals surface area contributed by atoms with E-state index in [2.05, 4.69) is 15.3 Å². The van der Waals surface area contributed by atoms with Crippen molar-refractivity contribution in [2.24, 2.45) is 5.92 Å². The van der Waals surface area contributed by atoms with Gasteiger partial charge in [0.1, 0.15) is 5.69 Å². The third-order valence-corrected chi connectivity index (χ3v) is 8.48. The Balaban J connectivity index is 1.27. The van der Waals surface area contributed by atoms with Crippen LogP contribution < -0.4 is 10.2 Å². The van der Waals surface area contributed by atoms with Gasteiger partial charge in [0.25, 0.3) is 5.69 Å². The molecule has 36 heavy (non-hydrogen) atoms. The molecule has 0 bridgehead atoms. The predicted molar refractivity (Wildman–Crippen MR) is 132 cm³/mol. The Morgan fingerprint density at radius 1 is 1.11 bits per heavy atom. The molecule has 2 saturated heterocycles. The lowest BCUT2D eigenvalue weighted by Gasteiger charge is -2.32. The highest BCUT2D eigenvalue weighted by Crippen LogP contribution is 2.34. The van der Waals surface area contributed by atoms with Gasteiger partial charge in [-0.3, -0.25) is 20.2 Å². The summed E-state index contributed by atoms with van der Waals surface area (Å²) in [6.07, 6.45) is 0.994. The van der Waals surface area contributed by atoms with Gasteiger partial charge in [-0.1, -0.05) is 12.1 Å². The van der Waals surface area contributed by atoms with Gasteiger partial charge in [0.05, 0.1) is 34.1 Å². The number of aromatic amines is 1. The summed E-state index contributed by atoms with van der Waals surface area (Å²) in [5, 5.41) is 14.7. The molecule has 2 N–H and O–H groups in total. The summed E-state index contributed by atoms with van der Waals surface area (Å²) in [7, 11) is -3.86. The summed E-state index contributed by atoms with van der Waals surface area (Å²) in [6.45, 7) is 1.85. The van der Waals surface area contributed by atoms with E-state index in [0.29, 0.717) is 37.6 Å². The normalized spacial score (nSPS) is 17.8. The van der Waals surface area contributed by atoms with Crippen molar-refractivity contribution in [2.45, 2.75) is 17.7 Å². The summed E-state index contributed by atoms with van der Waals surface area (Å²) in [4.78, 5) is 33.2. The number of sulfonamides is 1. The van der Waals surface area contributed by atoms with Crippen LogP contribution in [0.25, 0.3) is 11.0 Å². The first-order chi connectivity index (χ1) is 17.3. The van der Waals surface area contributed by atoms with Crippen LogP contribution in [0.15, 0.2) is 47.4 Å². The van der Waals surface area contributed by atoms with Crippen molar-refractivity contribution in [3.63, 3.8) is 0 Å². The Kier molecular flexibility index (Phi) is 6.60. The Labute approximate surface area is 207 Å². The molecule has 0 radical (unpaired) electrons. The van der Waals surface area contributed by atoms with Gasteiger partial charge in [-0.2, -0.15) is 4.31 Å². The van der Waals surface area contributed by atoms with Crippen molar-refractivity contribution in [3.8, 4) is 0 Å². The number of piperidine rings is 1. The smallest absolute Gasteiger partial charge is 0.293 e. The van der Waals surface area contributed by atoms with E-state index in [4.69, 9.17) is 4.74 Å². The number of rotatable bonds is 6. The third-order valence-electron chi connectivity index (χ3n) is 6.59. The number of imidazole rings is 1. The van der Waals surface area contributed by atoms with E-state index in [0.717, 1.165) is 17.1 Å². The molecule has 2 aliphatic rings. The van der Waals surface area contributed by atoms with Gasteiger partial charge >= 0.3 is 0 Å². The third kappa shape index (κ3) is 4.76. The largest absolute Gasteiger partial charge is 0.379 e. The number of nitrogens with one attached hydrogen (secondary N) is 2. The first kappa shape index (κ1) is 24.2. The molecule has 0 unspecified atom stereocenters. The fourth-order valence-corrected chi connectivity index (χ4v) is 6.06. The molecule has 0 saturated carbocycles. The van der Waals surface area contributed by atoms with Crippen LogP contribution in [-0.2, 0) is 19.6 Å². The Morgan fingerprint density at radius 2 is 1.83 bits per heavy atom. The molecule has 12 nitrogen and oxygen atoms in total. The van der Waals surface area contributed by atoms with E-state index in [9.17, 15) is 23.3 Å². The summed E-state index contributed by atoms with van der Waals surface area (Å²) in [5.74, 6) is -0.0408. The number of benzene rings is 2. The highest BCUT2D eigenvalue weighted by atomic mass is 32.2. The number of anilines is 2. The van der Waals surface area contributed by atoms with Gasteiger partial charge in [0, 0.05) is 38.2 Å². The van der Waals surface area contributed by atoms with Crippen LogP contribution in [0, 0.1) is 16.0 Å². The molecule has 3 heterocycles. The maximum absolute atomic E-state index is 13.0. The molecule has 5 rings (SSSR count). The van der Waals surface area contributed by atoms with Crippen molar-refractivity contribution in [1.82, 2.24) is 14.3 Å². The van der Waals surface area contributed by atoms with E-state index in [1.54, 1.807) is 0 Å². The zero-order valence-electron chi connectivity index (χ0n) is 19.4. The quantitative estimate of drug-likeness (QED) is 0.376. The van der Waals surface area contributed by atoms with E-state index in [1.165, 1.54) is 16.4 Å². The number of fused-ring (bicyclic) bond motifs is 1. The second-order valence-corrected chi connectivity index (χ2v) is 10.7. The SMILES string of the molecule is O=C(Nc1nc2ccccc2[nH]1)C1CCN(c2ccc(S(=O)(=O)N3CCOCC3)cc2[N+](=O)[O-])CC1. The van der Waals surface area contributed by atoms with Crippen LogP contribution in [0.2, 0.25) is 0 Å². The van der Waals surface area contributed by atoms with E-state index < -0.39 is 14.9 Å². The zero-order chi connectivity index (χ0) is 25.3. The average Bonchev–Trinajstić information content (AvgIpc) is 3.31. The highest BCUT2D eigenvalue weighted by Gasteiger charge is 2.32. The molecule has 0 aliphatic carbocycles. The standard InChI is InChI=1S/C23H26N6O6S/c30-22(26-23-24-18-3-1-2-4-19(18)25-23)16-7-9-27(10-8-16)20-6-5-17(15-21(20)29(31)32)36(33,34)28-11-13-35-14-12-28/h1-6,15-16H,7-14H2,(H2,24,25,26,30). The number of nitro benzene ring substituents is 1. The van der Waals surface area contributed by atoms with Crippen LogP contribution >= 0.6 is 0 Å². The Hall–Kier alpha value is -3.55. The molecule has 2 fully saturated rings. The minimum Gasteiger partial charge on any atom is -0.379 e. The number of H-pyrrole nitrogens is 1.